The van der Waals surface area contributed by atoms with Crippen molar-refractivity contribution in [3.63, 3.8) is 0 Å². The first-order chi connectivity index (χ1) is 9.45. The van der Waals surface area contributed by atoms with Crippen LogP contribution in [0.1, 0.15) is 20.3 Å². The van der Waals surface area contributed by atoms with Crippen molar-refractivity contribution in [2.45, 2.75) is 26.3 Å². The number of carbonyl (C=O) groups excluding carboxylic acids is 2. The highest BCUT2D eigenvalue weighted by molar-refractivity contribution is 6.21. The number of amides is 3. The van der Waals surface area contributed by atoms with Crippen LogP contribution in [-0.4, -0.2) is 22.9 Å². The van der Waals surface area contributed by atoms with Gasteiger partial charge in [0, 0.05) is 12.1 Å². The van der Waals surface area contributed by atoms with Crippen LogP contribution < -0.4 is 10.2 Å². The van der Waals surface area contributed by atoms with Gasteiger partial charge in [0.1, 0.15) is 6.04 Å². The summed E-state index contributed by atoms with van der Waals surface area (Å²) in [5.41, 5.74) is 0.253. The molecule has 1 saturated heterocycles. The van der Waals surface area contributed by atoms with Gasteiger partial charge in [-0.2, -0.15) is 0 Å². The summed E-state index contributed by atoms with van der Waals surface area (Å²) in [6.07, 6.45) is 0.769. The molecule has 0 spiro atoms. The average molecular weight is 277 g/mol. The number of non-ortho nitro benzene ring substituents is 1. The number of nitro benzene ring substituents is 1. The maximum atomic E-state index is 12.2. The highest BCUT2D eigenvalue weighted by Crippen LogP contribution is 2.25. The van der Waals surface area contributed by atoms with Gasteiger partial charge >= 0.3 is 6.03 Å². The van der Waals surface area contributed by atoms with E-state index in [1.807, 2.05) is 13.8 Å². The molecule has 2 unspecified atom stereocenters. The summed E-state index contributed by atoms with van der Waals surface area (Å²) in [6.45, 7) is 3.83. The summed E-state index contributed by atoms with van der Waals surface area (Å²) in [6, 6.07) is 4.30. The second-order valence-corrected chi connectivity index (χ2v) is 4.76. The van der Waals surface area contributed by atoms with Gasteiger partial charge in [-0.1, -0.05) is 20.3 Å². The lowest BCUT2D eigenvalue weighted by Crippen LogP contribution is -2.35. The van der Waals surface area contributed by atoms with E-state index in [1.165, 1.54) is 24.3 Å². The van der Waals surface area contributed by atoms with Crippen LogP contribution in [0.25, 0.3) is 0 Å². The summed E-state index contributed by atoms with van der Waals surface area (Å²) in [5, 5.41) is 13.2. The fourth-order valence-corrected chi connectivity index (χ4v) is 2.09. The van der Waals surface area contributed by atoms with Crippen LogP contribution in [0.5, 0.6) is 0 Å². The Morgan fingerprint density at radius 1 is 1.35 bits per heavy atom. The zero-order valence-electron chi connectivity index (χ0n) is 11.2. The van der Waals surface area contributed by atoms with Gasteiger partial charge in [-0.25, -0.2) is 9.69 Å². The molecule has 3 amide bonds. The van der Waals surface area contributed by atoms with Gasteiger partial charge in [-0.3, -0.25) is 14.9 Å². The molecule has 1 aromatic rings. The number of benzene rings is 1. The molecule has 0 aliphatic carbocycles. The Hall–Kier alpha value is -2.44. The smallest absolute Gasteiger partial charge is 0.325 e. The summed E-state index contributed by atoms with van der Waals surface area (Å²) in [7, 11) is 0. The van der Waals surface area contributed by atoms with Crippen LogP contribution in [0.3, 0.4) is 0 Å². The SMILES string of the molecule is CCC(C)C1NC(=O)N(c2ccc([N+](=O)[O-])cc2)C1=O. The lowest BCUT2D eigenvalue weighted by atomic mass is 9.99. The Balaban J connectivity index is 2.26. The zero-order chi connectivity index (χ0) is 14.9. The van der Waals surface area contributed by atoms with Crippen LogP contribution in [0, 0.1) is 16.0 Å². The molecule has 1 fully saturated rings. The average Bonchev–Trinajstić information content (AvgIpc) is 2.73. The zero-order valence-corrected chi connectivity index (χ0v) is 11.2. The highest BCUT2D eigenvalue weighted by atomic mass is 16.6. The molecule has 7 nitrogen and oxygen atoms in total. The molecule has 1 N–H and O–H groups in total. The predicted molar refractivity (Wildman–Crippen MR) is 72.4 cm³/mol. The van der Waals surface area contributed by atoms with E-state index in [4.69, 9.17) is 0 Å². The third kappa shape index (κ3) is 2.34. The van der Waals surface area contributed by atoms with Crippen molar-refractivity contribution < 1.29 is 14.5 Å². The second kappa shape index (κ2) is 5.28. The van der Waals surface area contributed by atoms with Crippen LogP contribution in [0.15, 0.2) is 24.3 Å². The monoisotopic (exact) mass is 277 g/mol. The van der Waals surface area contributed by atoms with E-state index < -0.39 is 17.0 Å². The first-order valence-electron chi connectivity index (χ1n) is 6.34. The second-order valence-electron chi connectivity index (χ2n) is 4.76. The Bertz CT molecular complexity index is 555. The lowest BCUT2D eigenvalue weighted by molar-refractivity contribution is -0.384. The molecular weight excluding hydrogens is 262 g/mol. The van der Waals surface area contributed by atoms with E-state index in [2.05, 4.69) is 5.32 Å². The molecule has 0 radical (unpaired) electrons. The van der Waals surface area contributed by atoms with Crippen molar-refractivity contribution in [1.29, 1.82) is 0 Å². The molecule has 0 saturated carbocycles. The fraction of sp³-hybridized carbons (Fsp3) is 0.385. The van der Waals surface area contributed by atoms with Gasteiger partial charge in [0.15, 0.2) is 0 Å². The third-order valence-corrected chi connectivity index (χ3v) is 3.50. The van der Waals surface area contributed by atoms with Gasteiger partial charge < -0.3 is 5.32 Å². The van der Waals surface area contributed by atoms with E-state index in [-0.39, 0.29) is 17.5 Å². The molecule has 106 valence electrons. The number of nitrogens with zero attached hydrogens (tertiary/aromatic N) is 2. The molecule has 1 aromatic carbocycles. The molecule has 20 heavy (non-hydrogen) atoms. The van der Waals surface area contributed by atoms with E-state index in [9.17, 15) is 19.7 Å². The number of carbonyl (C=O) groups is 2. The lowest BCUT2D eigenvalue weighted by Gasteiger charge is -2.16. The van der Waals surface area contributed by atoms with E-state index in [0.29, 0.717) is 5.69 Å². The minimum Gasteiger partial charge on any atom is -0.325 e. The Morgan fingerprint density at radius 3 is 2.45 bits per heavy atom. The van der Waals surface area contributed by atoms with E-state index >= 15 is 0 Å². The molecule has 2 atom stereocenters. The first kappa shape index (κ1) is 14.0. The molecule has 0 aromatic heterocycles. The van der Waals surface area contributed by atoms with Gasteiger partial charge in [-0.15, -0.1) is 0 Å². The van der Waals surface area contributed by atoms with Crippen molar-refractivity contribution in [3.05, 3.63) is 34.4 Å². The molecule has 1 heterocycles. The van der Waals surface area contributed by atoms with Crippen LogP contribution in [-0.2, 0) is 4.79 Å². The van der Waals surface area contributed by atoms with Gasteiger partial charge in [-0.05, 0) is 18.1 Å². The Kier molecular flexibility index (Phi) is 3.69. The predicted octanol–water partition coefficient (Wildman–Crippen LogP) is 2.07. The minimum atomic E-state index is -0.539. The number of imide groups is 1. The maximum absolute atomic E-state index is 12.2. The van der Waals surface area contributed by atoms with E-state index in [0.717, 1.165) is 11.3 Å². The van der Waals surface area contributed by atoms with Crippen molar-refractivity contribution >= 4 is 23.3 Å². The number of hydrogen-bond acceptors (Lipinski definition) is 4. The highest BCUT2D eigenvalue weighted by Gasteiger charge is 2.41. The largest absolute Gasteiger partial charge is 0.329 e. The topological polar surface area (TPSA) is 92.6 Å². The number of hydrogen-bond donors (Lipinski definition) is 1. The van der Waals surface area contributed by atoms with Crippen LogP contribution in [0.2, 0.25) is 0 Å². The normalized spacial score (nSPS) is 19.9. The number of nitro groups is 1. The maximum Gasteiger partial charge on any atom is 0.329 e. The standard InChI is InChI=1S/C13H15N3O4/c1-3-8(2)11-12(17)15(13(18)14-11)9-4-6-10(7-5-9)16(19)20/h4-8,11H,3H2,1-2H3,(H,14,18). The summed E-state index contributed by atoms with van der Waals surface area (Å²) < 4.78 is 0. The van der Waals surface area contributed by atoms with Gasteiger partial charge in [0.2, 0.25) is 0 Å². The Labute approximate surface area is 115 Å². The Morgan fingerprint density at radius 2 is 1.95 bits per heavy atom. The number of urea groups is 1. The molecule has 7 heteroatoms. The summed E-state index contributed by atoms with van der Waals surface area (Å²) >= 11 is 0. The van der Waals surface area contributed by atoms with E-state index in [1.54, 1.807) is 0 Å². The minimum absolute atomic E-state index is 0.0366. The molecule has 1 aliphatic heterocycles. The van der Waals surface area contributed by atoms with Crippen molar-refractivity contribution in [1.82, 2.24) is 5.32 Å². The van der Waals surface area contributed by atoms with Crippen molar-refractivity contribution in [3.8, 4) is 0 Å². The van der Waals surface area contributed by atoms with Gasteiger partial charge in [0.25, 0.3) is 11.6 Å². The van der Waals surface area contributed by atoms with Crippen molar-refractivity contribution in [2.24, 2.45) is 5.92 Å². The third-order valence-electron chi connectivity index (χ3n) is 3.50. The molecule has 0 bridgehead atoms. The van der Waals surface area contributed by atoms with Gasteiger partial charge in [0.05, 0.1) is 10.6 Å². The summed E-state index contributed by atoms with van der Waals surface area (Å²) in [5.74, 6) is -0.285. The number of nitrogens with one attached hydrogen (secondary N) is 1. The first-order valence-corrected chi connectivity index (χ1v) is 6.34. The van der Waals surface area contributed by atoms with Crippen molar-refractivity contribution in [2.75, 3.05) is 4.90 Å². The molecule has 1 aliphatic rings. The van der Waals surface area contributed by atoms with Crippen LogP contribution >= 0.6 is 0 Å². The molecule has 2 rings (SSSR count). The van der Waals surface area contributed by atoms with Crippen LogP contribution in [0.4, 0.5) is 16.2 Å². The number of rotatable bonds is 4. The number of anilines is 1. The quantitative estimate of drug-likeness (QED) is 0.518. The molecular formula is C13H15N3O4. The fourth-order valence-electron chi connectivity index (χ4n) is 2.09. The summed E-state index contributed by atoms with van der Waals surface area (Å²) in [4.78, 5) is 35.2.